The molecule has 1 heterocycles. The number of halogens is 1. The molecule has 0 spiro atoms. The van der Waals surface area contributed by atoms with E-state index in [9.17, 15) is 9.59 Å². The van der Waals surface area contributed by atoms with Gasteiger partial charge >= 0.3 is 6.03 Å². The van der Waals surface area contributed by atoms with E-state index in [0.717, 1.165) is 10.0 Å². The van der Waals surface area contributed by atoms with Gasteiger partial charge in [0.15, 0.2) is 0 Å². The number of amides is 3. The van der Waals surface area contributed by atoms with Gasteiger partial charge in [0.2, 0.25) is 0 Å². The van der Waals surface area contributed by atoms with E-state index >= 15 is 0 Å². The molecule has 1 aliphatic rings. The Morgan fingerprint density at radius 2 is 1.88 bits per heavy atom. The van der Waals surface area contributed by atoms with Gasteiger partial charge in [-0.3, -0.25) is 10.1 Å². The Bertz CT molecular complexity index is 444. The van der Waals surface area contributed by atoms with Crippen molar-refractivity contribution < 1.29 is 9.59 Å². The van der Waals surface area contributed by atoms with Crippen LogP contribution >= 0.6 is 15.9 Å². The molecule has 4 nitrogen and oxygen atoms in total. The van der Waals surface area contributed by atoms with Crippen molar-refractivity contribution in [2.75, 3.05) is 0 Å². The van der Waals surface area contributed by atoms with Gasteiger partial charge in [-0.1, -0.05) is 35.0 Å². The minimum Gasteiger partial charge on any atom is -0.319 e. The molecule has 0 saturated carbocycles. The zero-order valence-electron chi connectivity index (χ0n) is 8.71. The van der Waals surface area contributed by atoms with Crippen LogP contribution in [-0.2, 0) is 10.3 Å². The molecule has 0 bridgehead atoms. The van der Waals surface area contributed by atoms with Crippen LogP contribution in [0.15, 0.2) is 28.7 Å². The lowest BCUT2D eigenvalue weighted by atomic mass is 9.87. The molecular weight excluding hydrogens is 272 g/mol. The van der Waals surface area contributed by atoms with E-state index < -0.39 is 11.6 Å². The lowest BCUT2D eigenvalue weighted by Gasteiger charge is -2.24. The first kappa shape index (κ1) is 11.1. The smallest absolute Gasteiger partial charge is 0.319 e. The molecule has 1 aromatic rings. The Labute approximate surface area is 102 Å². The summed E-state index contributed by atoms with van der Waals surface area (Å²) in [7, 11) is 0. The van der Waals surface area contributed by atoms with Crippen molar-refractivity contribution in [2.24, 2.45) is 0 Å². The Kier molecular flexibility index (Phi) is 2.71. The second-order valence-corrected chi connectivity index (χ2v) is 4.59. The van der Waals surface area contributed by atoms with Crippen LogP contribution in [0.5, 0.6) is 0 Å². The summed E-state index contributed by atoms with van der Waals surface area (Å²) >= 11 is 3.33. The minimum absolute atomic E-state index is 0.290. The van der Waals surface area contributed by atoms with Gasteiger partial charge in [-0.05, 0) is 24.1 Å². The van der Waals surface area contributed by atoms with E-state index in [1.54, 1.807) is 0 Å². The summed E-state index contributed by atoms with van der Waals surface area (Å²) in [6, 6.07) is 6.93. The highest BCUT2D eigenvalue weighted by Gasteiger charge is 2.45. The van der Waals surface area contributed by atoms with Gasteiger partial charge in [-0.2, -0.15) is 0 Å². The van der Waals surface area contributed by atoms with Crippen LogP contribution in [0.3, 0.4) is 0 Å². The largest absolute Gasteiger partial charge is 0.322 e. The second-order valence-electron chi connectivity index (χ2n) is 3.67. The van der Waals surface area contributed by atoms with Crippen molar-refractivity contribution in [1.82, 2.24) is 10.6 Å². The van der Waals surface area contributed by atoms with Crippen LogP contribution in [0.25, 0.3) is 0 Å². The van der Waals surface area contributed by atoms with Crippen molar-refractivity contribution in [2.45, 2.75) is 18.9 Å². The van der Waals surface area contributed by atoms with Gasteiger partial charge in [0.25, 0.3) is 5.91 Å². The number of hydrogen-bond acceptors (Lipinski definition) is 2. The average molecular weight is 283 g/mol. The fourth-order valence-electron chi connectivity index (χ4n) is 1.88. The molecule has 1 aromatic carbocycles. The summed E-state index contributed by atoms with van der Waals surface area (Å²) in [5.74, 6) is -0.290. The third-order valence-corrected chi connectivity index (χ3v) is 3.34. The predicted octanol–water partition coefficient (Wildman–Crippen LogP) is 1.89. The molecule has 0 aromatic heterocycles. The van der Waals surface area contributed by atoms with Crippen molar-refractivity contribution in [1.29, 1.82) is 0 Å². The van der Waals surface area contributed by atoms with Gasteiger partial charge in [-0.25, -0.2) is 4.79 Å². The molecule has 2 rings (SSSR count). The number of nitrogens with one attached hydrogen (secondary N) is 2. The monoisotopic (exact) mass is 282 g/mol. The molecule has 1 atom stereocenters. The van der Waals surface area contributed by atoms with Crippen LogP contribution in [0, 0.1) is 0 Å². The summed E-state index contributed by atoms with van der Waals surface area (Å²) in [4.78, 5) is 23.0. The maximum atomic E-state index is 11.8. The van der Waals surface area contributed by atoms with Gasteiger partial charge in [0.05, 0.1) is 0 Å². The van der Waals surface area contributed by atoms with E-state index in [-0.39, 0.29) is 5.91 Å². The summed E-state index contributed by atoms with van der Waals surface area (Å²) < 4.78 is 0.937. The molecular formula is C11H11BrN2O2. The first-order valence-electron chi connectivity index (χ1n) is 4.98. The quantitative estimate of drug-likeness (QED) is 0.814. The molecule has 0 aliphatic carbocycles. The van der Waals surface area contributed by atoms with Crippen LogP contribution in [-0.4, -0.2) is 11.9 Å². The minimum atomic E-state index is -0.919. The number of carbonyl (C=O) groups excluding carboxylic acids is 2. The zero-order valence-corrected chi connectivity index (χ0v) is 10.3. The van der Waals surface area contributed by atoms with Crippen LogP contribution < -0.4 is 10.6 Å². The first-order valence-corrected chi connectivity index (χ1v) is 5.77. The standard InChI is InChI=1S/C11H11BrN2O2/c1-2-11(9(15)13-10(16)14-11)7-3-5-8(12)6-4-7/h3-6H,2H2,1H3,(H2,13,14,15,16)/t11-/m0/s1. The normalized spacial score (nSPS) is 24.1. The number of urea groups is 1. The number of carbonyl (C=O) groups is 2. The van der Waals surface area contributed by atoms with E-state index in [1.165, 1.54) is 0 Å². The zero-order chi connectivity index (χ0) is 11.8. The van der Waals surface area contributed by atoms with Gasteiger partial charge in [0.1, 0.15) is 5.54 Å². The molecule has 0 unspecified atom stereocenters. The first-order chi connectivity index (χ1) is 7.58. The highest BCUT2D eigenvalue weighted by atomic mass is 79.9. The highest BCUT2D eigenvalue weighted by Crippen LogP contribution is 2.29. The van der Waals surface area contributed by atoms with Crippen molar-refractivity contribution in [3.05, 3.63) is 34.3 Å². The van der Waals surface area contributed by atoms with Crippen LogP contribution in [0.1, 0.15) is 18.9 Å². The van der Waals surface area contributed by atoms with Crippen LogP contribution in [0.2, 0.25) is 0 Å². The van der Waals surface area contributed by atoms with Crippen LogP contribution in [0.4, 0.5) is 4.79 Å². The Morgan fingerprint density at radius 3 is 2.31 bits per heavy atom. The maximum Gasteiger partial charge on any atom is 0.322 e. The van der Waals surface area contributed by atoms with Crippen molar-refractivity contribution in [3.8, 4) is 0 Å². The lowest BCUT2D eigenvalue weighted by molar-refractivity contribution is -0.124. The maximum absolute atomic E-state index is 11.8. The van der Waals surface area contributed by atoms with Gasteiger partial charge in [0, 0.05) is 4.47 Å². The number of hydrogen-bond donors (Lipinski definition) is 2. The summed E-state index contributed by atoms with van der Waals surface area (Å²) in [5, 5.41) is 4.96. The van der Waals surface area contributed by atoms with Crippen molar-refractivity contribution >= 4 is 27.9 Å². The third-order valence-electron chi connectivity index (χ3n) is 2.81. The SMILES string of the molecule is CC[C@@]1(c2ccc(Br)cc2)NC(=O)NC1=O. The average Bonchev–Trinajstić information content (AvgIpc) is 2.55. The number of imide groups is 1. The Hall–Kier alpha value is -1.36. The summed E-state index contributed by atoms with van der Waals surface area (Å²) in [5.41, 5.74) is -0.126. The molecule has 1 fully saturated rings. The fourth-order valence-corrected chi connectivity index (χ4v) is 2.15. The molecule has 1 saturated heterocycles. The summed E-state index contributed by atoms with van der Waals surface area (Å²) in [6.45, 7) is 1.87. The van der Waals surface area contributed by atoms with Gasteiger partial charge in [-0.15, -0.1) is 0 Å². The van der Waals surface area contributed by atoms with Gasteiger partial charge < -0.3 is 5.32 Å². The van der Waals surface area contributed by atoms with E-state index in [4.69, 9.17) is 0 Å². The molecule has 84 valence electrons. The molecule has 1 aliphatic heterocycles. The van der Waals surface area contributed by atoms with E-state index in [1.807, 2.05) is 31.2 Å². The highest BCUT2D eigenvalue weighted by molar-refractivity contribution is 9.10. The molecule has 16 heavy (non-hydrogen) atoms. The predicted molar refractivity (Wildman–Crippen MR) is 62.8 cm³/mol. The molecule has 5 heteroatoms. The lowest BCUT2D eigenvalue weighted by Crippen LogP contribution is -2.43. The Morgan fingerprint density at radius 1 is 1.25 bits per heavy atom. The topological polar surface area (TPSA) is 58.2 Å². The Balaban J connectivity index is 2.46. The molecule has 2 N–H and O–H groups in total. The van der Waals surface area contributed by atoms with E-state index in [2.05, 4.69) is 26.6 Å². The summed E-state index contributed by atoms with van der Waals surface area (Å²) in [6.07, 6.45) is 0.520. The third kappa shape index (κ3) is 1.61. The number of rotatable bonds is 2. The molecule has 3 amide bonds. The fraction of sp³-hybridized carbons (Fsp3) is 0.273. The second kappa shape index (κ2) is 3.90. The van der Waals surface area contributed by atoms with Crippen molar-refractivity contribution in [3.63, 3.8) is 0 Å². The van der Waals surface area contributed by atoms with E-state index in [0.29, 0.717) is 6.42 Å². The molecule has 0 radical (unpaired) electrons. The number of benzene rings is 1.